The maximum absolute atomic E-state index is 12.4. The highest BCUT2D eigenvalue weighted by atomic mass is 79.9. The minimum Gasteiger partial charge on any atom is -0.492 e. The second-order valence-corrected chi connectivity index (χ2v) is 7.03. The van der Waals surface area contributed by atoms with Crippen LogP contribution in [0, 0.1) is 0 Å². The maximum atomic E-state index is 12.4. The minimum atomic E-state index is -1.12. The summed E-state index contributed by atoms with van der Waals surface area (Å²) in [7, 11) is 0. The number of hydrogen-bond acceptors (Lipinski definition) is 4. The first-order chi connectivity index (χ1) is 14.0. The molecule has 0 aliphatic heterocycles. The molecule has 0 saturated carbocycles. The smallest absolute Gasteiger partial charge is 0.337 e. The lowest BCUT2D eigenvalue weighted by molar-refractivity contribution is 0.0698. The summed E-state index contributed by atoms with van der Waals surface area (Å²) in [6, 6.07) is 21.2. The fraction of sp³-hybridized carbons (Fsp3) is 0.0909. The number of amides is 1. The van der Waals surface area contributed by atoms with Gasteiger partial charge < -0.3 is 20.5 Å². The van der Waals surface area contributed by atoms with Gasteiger partial charge in [-0.15, -0.1) is 0 Å². The average Bonchev–Trinajstić information content (AvgIpc) is 2.73. The highest BCUT2D eigenvalue weighted by Crippen LogP contribution is 2.22. The third-order valence-corrected chi connectivity index (χ3v) is 4.54. The van der Waals surface area contributed by atoms with Gasteiger partial charge in [0.15, 0.2) is 0 Å². The second-order valence-electron chi connectivity index (χ2n) is 6.11. The highest BCUT2D eigenvalue weighted by Gasteiger charge is 2.14. The second kappa shape index (κ2) is 9.75. The molecule has 0 atom stereocenters. The highest BCUT2D eigenvalue weighted by molar-refractivity contribution is 9.10. The van der Waals surface area contributed by atoms with Crippen molar-refractivity contribution in [3.05, 3.63) is 88.4 Å². The summed E-state index contributed by atoms with van der Waals surface area (Å²) in [6.45, 7) is 1.12. The Kier molecular flexibility index (Phi) is 6.86. The van der Waals surface area contributed by atoms with E-state index in [2.05, 4.69) is 26.6 Å². The van der Waals surface area contributed by atoms with Crippen molar-refractivity contribution in [1.82, 2.24) is 0 Å². The van der Waals surface area contributed by atoms with Gasteiger partial charge in [0, 0.05) is 22.3 Å². The van der Waals surface area contributed by atoms with E-state index in [9.17, 15) is 14.7 Å². The van der Waals surface area contributed by atoms with E-state index < -0.39 is 11.9 Å². The van der Waals surface area contributed by atoms with Gasteiger partial charge in [-0.25, -0.2) is 4.79 Å². The normalized spacial score (nSPS) is 10.2. The monoisotopic (exact) mass is 454 g/mol. The predicted molar refractivity (Wildman–Crippen MR) is 116 cm³/mol. The number of carboxylic acid groups (broad SMARTS) is 1. The van der Waals surface area contributed by atoms with Gasteiger partial charge in [-0.1, -0.05) is 34.1 Å². The van der Waals surface area contributed by atoms with E-state index >= 15 is 0 Å². The predicted octanol–water partition coefficient (Wildman–Crippen LogP) is 4.89. The third-order valence-electron chi connectivity index (χ3n) is 4.05. The molecular weight excluding hydrogens is 436 g/mol. The Bertz CT molecular complexity index is 991. The number of carboxylic acids is 1. The molecule has 0 aromatic heterocycles. The average molecular weight is 455 g/mol. The summed E-state index contributed by atoms with van der Waals surface area (Å²) in [5.41, 5.74) is 1.67. The van der Waals surface area contributed by atoms with Crippen LogP contribution >= 0.6 is 15.9 Å². The zero-order chi connectivity index (χ0) is 20.6. The quantitative estimate of drug-likeness (QED) is 0.421. The first-order valence-electron chi connectivity index (χ1n) is 8.89. The van der Waals surface area contributed by atoms with Crippen LogP contribution < -0.4 is 15.4 Å². The minimum absolute atomic E-state index is 0.0126. The van der Waals surface area contributed by atoms with Gasteiger partial charge in [-0.2, -0.15) is 0 Å². The van der Waals surface area contributed by atoms with Gasteiger partial charge in [-0.05, 0) is 54.6 Å². The summed E-state index contributed by atoms with van der Waals surface area (Å²) in [5.74, 6) is -0.868. The Balaban J connectivity index is 1.54. The van der Waals surface area contributed by atoms with Crippen LogP contribution in [0.2, 0.25) is 0 Å². The summed E-state index contributed by atoms with van der Waals surface area (Å²) < 4.78 is 6.29. The number of aromatic carboxylic acids is 1. The topological polar surface area (TPSA) is 87.7 Å². The Labute approximate surface area is 176 Å². The number of hydrogen-bond donors (Lipinski definition) is 3. The third kappa shape index (κ3) is 5.83. The van der Waals surface area contributed by atoms with Gasteiger partial charge in [0.1, 0.15) is 12.4 Å². The molecule has 0 radical (unpaired) electrons. The van der Waals surface area contributed by atoms with Crippen molar-refractivity contribution < 1.29 is 19.4 Å². The number of halogens is 1. The Morgan fingerprint density at radius 2 is 1.69 bits per heavy atom. The lowest BCUT2D eigenvalue weighted by Gasteiger charge is -2.11. The Morgan fingerprint density at radius 1 is 0.966 bits per heavy atom. The molecule has 6 nitrogen and oxygen atoms in total. The van der Waals surface area contributed by atoms with E-state index in [1.54, 1.807) is 36.4 Å². The molecule has 0 aliphatic rings. The molecule has 0 unspecified atom stereocenters. The van der Waals surface area contributed by atoms with Crippen molar-refractivity contribution in [3.8, 4) is 5.75 Å². The number of benzene rings is 3. The van der Waals surface area contributed by atoms with Crippen LogP contribution in [0.3, 0.4) is 0 Å². The van der Waals surface area contributed by atoms with E-state index in [1.165, 1.54) is 6.07 Å². The van der Waals surface area contributed by atoms with Crippen LogP contribution in [0.15, 0.2) is 77.3 Å². The zero-order valence-corrected chi connectivity index (χ0v) is 17.0. The van der Waals surface area contributed by atoms with E-state index in [0.29, 0.717) is 28.9 Å². The molecule has 0 saturated heterocycles. The lowest BCUT2D eigenvalue weighted by Crippen LogP contribution is -2.15. The molecule has 3 aromatic carbocycles. The largest absolute Gasteiger partial charge is 0.492 e. The van der Waals surface area contributed by atoms with Crippen molar-refractivity contribution >= 4 is 39.2 Å². The molecule has 0 bridgehead atoms. The number of rotatable bonds is 8. The SMILES string of the molecule is O=C(Nc1ccc(Br)cc1C(=O)O)c1ccc(OCCNc2ccccc2)cc1. The summed E-state index contributed by atoms with van der Waals surface area (Å²) in [5, 5.41) is 15.2. The van der Waals surface area contributed by atoms with E-state index in [-0.39, 0.29) is 11.3 Å². The molecule has 3 aromatic rings. The maximum Gasteiger partial charge on any atom is 0.337 e. The summed E-state index contributed by atoms with van der Waals surface area (Å²) in [4.78, 5) is 23.8. The molecule has 1 amide bonds. The Hall–Kier alpha value is -3.32. The Morgan fingerprint density at radius 3 is 2.38 bits per heavy atom. The molecule has 3 N–H and O–H groups in total. The number of nitrogens with one attached hydrogen (secondary N) is 2. The molecule has 29 heavy (non-hydrogen) atoms. The van der Waals surface area contributed by atoms with E-state index in [4.69, 9.17) is 4.74 Å². The van der Waals surface area contributed by atoms with Crippen molar-refractivity contribution in [1.29, 1.82) is 0 Å². The molecule has 7 heteroatoms. The number of ether oxygens (including phenoxy) is 1. The van der Waals surface area contributed by atoms with Crippen LogP contribution in [0.4, 0.5) is 11.4 Å². The molecule has 3 rings (SSSR count). The van der Waals surface area contributed by atoms with Gasteiger partial charge in [0.25, 0.3) is 5.91 Å². The number of anilines is 2. The van der Waals surface area contributed by atoms with Crippen molar-refractivity contribution in [2.24, 2.45) is 0 Å². The number of carbonyl (C=O) groups excluding carboxylic acids is 1. The molecule has 0 aliphatic carbocycles. The van der Waals surface area contributed by atoms with Crippen LogP contribution in [-0.4, -0.2) is 30.1 Å². The van der Waals surface area contributed by atoms with Crippen LogP contribution in [-0.2, 0) is 0 Å². The fourth-order valence-corrected chi connectivity index (χ4v) is 2.98. The summed E-state index contributed by atoms with van der Waals surface area (Å²) in [6.07, 6.45) is 0. The van der Waals surface area contributed by atoms with Gasteiger partial charge >= 0.3 is 5.97 Å². The molecular formula is C22H19BrN2O4. The first kappa shape index (κ1) is 20.4. The van der Waals surface area contributed by atoms with Gasteiger partial charge in [0.2, 0.25) is 0 Å². The van der Waals surface area contributed by atoms with Crippen molar-refractivity contribution in [2.75, 3.05) is 23.8 Å². The van der Waals surface area contributed by atoms with E-state index in [1.807, 2.05) is 30.3 Å². The number of para-hydroxylation sites is 1. The van der Waals surface area contributed by atoms with E-state index in [0.717, 1.165) is 5.69 Å². The van der Waals surface area contributed by atoms with Gasteiger partial charge in [-0.3, -0.25) is 4.79 Å². The van der Waals surface area contributed by atoms with Crippen LogP contribution in [0.5, 0.6) is 5.75 Å². The zero-order valence-electron chi connectivity index (χ0n) is 15.4. The first-order valence-corrected chi connectivity index (χ1v) is 9.68. The molecule has 0 heterocycles. The fourth-order valence-electron chi connectivity index (χ4n) is 2.62. The van der Waals surface area contributed by atoms with Crippen molar-refractivity contribution in [2.45, 2.75) is 0 Å². The van der Waals surface area contributed by atoms with Crippen molar-refractivity contribution in [3.63, 3.8) is 0 Å². The molecule has 148 valence electrons. The van der Waals surface area contributed by atoms with Gasteiger partial charge in [0.05, 0.1) is 11.3 Å². The number of carbonyl (C=O) groups is 2. The standard InChI is InChI=1S/C22H19BrN2O4/c23-16-8-11-20(19(14-16)22(27)28)25-21(26)15-6-9-18(10-7-15)29-13-12-24-17-4-2-1-3-5-17/h1-11,14,24H,12-13H2,(H,25,26)(H,27,28). The van der Waals surface area contributed by atoms with Crippen LogP contribution in [0.25, 0.3) is 0 Å². The molecule has 0 fully saturated rings. The molecule has 0 spiro atoms. The lowest BCUT2D eigenvalue weighted by atomic mass is 10.1. The summed E-state index contributed by atoms with van der Waals surface area (Å²) >= 11 is 3.23. The van der Waals surface area contributed by atoms with Crippen LogP contribution in [0.1, 0.15) is 20.7 Å².